The van der Waals surface area contributed by atoms with Gasteiger partial charge in [0.05, 0.1) is 17.0 Å². The van der Waals surface area contributed by atoms with Crippen molar-refractivity contribution in [1.82, 2.24) is 0 Å². The highest BCUT2D eigenvalue weighted by Gasteiger charge is 2.30. The van der Waals surface area contributed by atoms with Gasteiger partial charge in [-0.1, -0.05) is 42.5 Å². The zero-order chi connectivity index (χ0) is 17.3. The monoisotopic (exact) mass is 326 g/mol. The van der Waals surface area contributed by atoms with E-state index in [1.165, 1.54) is 6.07 Å². The molecule has 0 heterocycles. The third kappa shape index (κ3) is 3.20. The number of allylic oxidation sites excluding steroid dienone is 4. The average Bonchev–Trinajstić information content (AvgIpc) is 2.57. The van der Waals surface area contributed by atoms with Crippen molar-refractivity contribution in [3.63, 3.8) is 0 Å². The molecule has 0 aliphatic heterocycles. The van der Waals surface area contributed by atoms with Crippen molar-refractivity contribution in [2.24, 2.45) is 0 Å². The fraction of sp³-hybridized carbons (Fsp3) is 0.0526. The van der Waals surface area contributed by atoms with Gasteiger partial charge in [-0.2, -0.15) is 13.2 Å². The fourth-order valence-corrected chi connectivity index (χ4v) is 2.45. The van der Waals surface area contributed by atoms with Crippen LogP contribution in [0.4, 0.5) is 13.2 Å². The number of halogens is 3. The minimum Gasteiger partial charge on any atom is -0.299 e. The van der Waals surface area contributed by atoms with Crippen LogP contribution >= 0.6 is 0 Å². The normalized spacial score (nSPS) is 14.7. The first kappa shape index (κ1) is 15.9. The van der Waals surface area contributed by atoms with E-state index in [0.29, 0.717) is 11.1 Å². The molecular formula is C19H13F3N2. The van der Waals surface area contributed by atoms with Crippen LogP contribution in [0.15, 0.2) is 66.8 Å². The van der Waals surface area contributed by atoms with Crippen LogP contribution in [0.2, 0.25) is 0 Å². The van der Waals surface area contributed by atoms with Crippen molar-refractivity contribution in [2.75, 3.05) is 0 Å². The predicted molar refractivity (Wildman–Crippen MR) is 89.5 cm³/mol. The van der Waals surface area contributed by atoms with Gasteiger partial charge in [-0.15, -0.1) is 0 Å². The van der Waals surface area contributed by atoms with E-state index in [1.807, 2.05) is 0 Å². The zero-order valence-electron chi connectivity index (χ0n) is 12.5. The van der Waals surface area contributed by atoms with Crippen LogP contribution in [0, 0.1) is 10.8 Å². The molecule has 24 heavy (non-hydrogen) atoms. The van der Waals surface area contributed by atoms with Crippen LogP contribution in [0.25, 0.3) is 16.7 Å². The van der Waals surface area contributed by atoms with Crippen molar-refractivity contribution < 1.29 is 13.2 Å². The van der Waals surface area contributed by atoms with E-state index in [2.05, 4.69) is 0 Å². The van der Waals surface area contributed by atoms with Crippen molar-refractivity contribution in [3.05, 3.63) is 77.9 Å². The van der Waals surface area contributed by atoms with E-state index in [1.54, 1.807) is 48.6 Å². The third-order valence-corrected chi connectivity index (χ3v) is 3.76. The van der Waals surface area contributed by atoms with E-state index < -0.39 is 11.7 Å². The topological polar surface area (TPSA) is 47.7 Å². The summed E-state index contributed by atoms with van der Waals surface area (Å²) in [5, 5.41) is 15.2. The lowest BCUT2D eigenvalue weighted by Crippen LogP contribution is -2.09. The van der Waals surface area contributed by atoms with Crippen molar-refractivity contribution in [2.45, 2.75) is 6.18 Å². The minimum atomic E-state index is -4.36. The molecule has 0 unspecified atom stereocenters. The Morgan fingerprint density at radius 1 is 0.708 bits per heavy atom. The number of alkyl halides is 3. The molecule has 3 rings (SSSR count). The van der Waals surface area contributed by atoms with Gasteiger partial charge in [0.1, 0.15) is 0 Å². The van der Waals surface area contributed by atoms with Gasteiger partial charge in [0, 0.05) is 0 Å². The second kappa shape index (κ2) is 5.92. The van der Waals surface area contributed by atoms with Crippen LogP contribution in [-0.2, 0) is 6.18 Å². The highest BCUT2D eigenvalue weighted by molar-refractivity contribution is 6.50. The van der Waals surface area contributed by atoms with E-state index >= 15 is 0 Å². The average molecular weight is 326 g/mol. The molecule has 120 valence electrons. The van der Waals surface area contributed by atoms with Gasteiger partial charge in [-0.05, 0) is 46.5 Å². The first-order chi connectivity index (χ1) is 11.3. The van der Waals surface area contributed by atoms with Crippen LogP contribution in [0.5, 0.6) is 0 Å². The van der Waals surface area contributed by atoms with E-state index in [9.17, 15) is 13.2 Å². The molecule has 1 aliphatic carbocycles. The van der Waals surface area contributed by atoms with Crippen LogP contribution in [0.1, 0.15) is 11.1 Å². The molecule has 2 nitrogen and oxygen atoms in total. The van der Waals surface area contributed by atoms with Crippen molar-refractivity contribution >= 4 is 17.0 Å². The summed E-state index contributed by atoms with van der Waals surface area (Å²) in [4.78, 5) is 0. The van der Waals surface area contributed by atoms with Gasteiger partial charge >= 0.3 is 6.18 Å². The molecule has 5 heteroatoms. The third-order valence-electron chi connectivity index (χ3n) is 3.76. The standard InChI is InChI=1S/C19H13F3N2/c20-19(21,22)16-3-1-2-14(10-16)12-4-6-13(7-5-12)15-8-9-17(23)18(24)11-15/h1-11,23-24H. The lowest BCUT2D eigenvalue weighted by Gasteiger charge is -2.11. The van der Waals surface area contributed by atoms with Crippen molar-refractivity contribution in [1.29, 1.82) is 10.8 Å². The predicted octanol–water partition coefficient (Wildman–Crippen LogP) is 5.37. The fourth-order valence-electron chi connectivity index (χ4n) is 2.45. The van der Waals surface area contributed by atoms with Gasteiger partial charge in [0.15, 0.2) is 0 Å². The quantitative estimate of drug-likeness (QED) is 0.698. The summed E-state index contributed by atoms with van der Waals surface area (Å²) in [6.45, 7) is 0. The molecule has 0 aromatic heterocycles. The van der Waals surface area contributed by atoms with Crippen LogP contribution in [0.3, 0.4) is 0 Å². The second-order valence-electron chi connectivity index (χ2n) is 5.42. The Morgan fingerprint density at radius 3 is 2.00 bits per heavy atom. The lowest BCUT2D eigenvalue weighted by atomic mass is 9.95. The largest absolute Gasteiger partial charge is 0.416 e. The van der Waals surface area contributed by atoms with Gasteiger partial charge in [-0.3, -0.25) is 10.8 Å². The van der Waals surface area contributed by atoms with Crippen molar-refractivity contribution in [3.8, 4) is 11.1 Å². The summed E-state index contributed by atoms with van der Waals surface area (Å²) in [5.41, 5.74) is 2.45. The van der Waals surface area contributed by atoms with Crippen LogP contribution < -0.4 is 0 Å². The number of benzene rings is 2. The molecule has 0 saturated heterocycles. The number of hydrogen-bond donors (Lipinski definition) is 2. The van der Waals surface area contributed by atoms with Crippen LogP contribution in [-0.4, -0.2) is 11.4 Å². The summed E-state index contributed by atoms with van der Waals surface area (Å²) in [5.74, 6) is 0. The maximum atomic E-state index is 12.8. The second-order valence-corrected chi connectivity index (χ2v) is 5.42. The Balaban J connectivity index is 1.91. The molecule has 0 saturated carbocycles. The molecule has 1 aliphatic rings. The molecular weight excluding hydrogens is 313 g/mol. The Hall–Kier alpha value is -2.95. The number of hydrogen-bond acceptors (Lipinski definition) is 2. The molecule has 0 bridgehead atoms. The van der Waals surface area contributed by atoms with E-state index in [4.69, 9.17) is 10.8 Å². The summed E-state index contributed by atoms with van der Waals surface area (Å²) < 4.78 is 38.4. The van der Waals surface area contributed by atoms with Gasteiger partial charge in [0.25, 0.3) is 0 Å². The molecule has 2 aromatic rings. The zero-order valence-corrected chi connectivity index (χ0v) is 12.5. The smallest absolute Gasteiger partial charge is 0.299 e. The molecule has 0 spiro atoms. The minimum absolute atomic E-state index is 0.134. The summed E-state index contributed by atoms with van der Waals surface area (Å²) in [7, 11) is 0. The summed E-state index contributed by atoms with van der Waals surface area (Å²) in [6.07, 6.45) is 0.540. The highest BCUT2D eigenvalue weighted by atomic mass is 19.4. The first-order valence-corrected chi connectivity index (χ1v) is 7.20. The van der Waals surface area contributed by atoms with Gasteiger partial charge < -0.3 is 0 Å². The lowest BCUT2D eigenvalue weighted by molar-refractivity contribution is -0.137. The Morgan fingerprint density at radius 2 is 1.38 bits per heavy atom. The molecule has 0 fully saturated rings. The van der Waals surface area contributed by atoms with E-state index in [-0.39, 0.29) is 11.4 Å². The molecule has 2 aromatic carbocycles. The molecule has 0 atom stereocenters. The Labute approximate surface area is 137 Å². The first-order valence-electron chi connectivity index (χ1n) is 7.20. The summed E-state index contributed by atoms with van der Waals surface area (Å²) in [6, 6.07) is 12.3. The molecule has 0 amide bonds. The Kier molecular flexibility index (Phi) is 3.93. The van der Waals surface area contributed by atoms with E-state index in [0.717, 1.165) is 23.3 Å². The maximum absolute atomic E-state index is 12.8. The molecule has 2 N–H and O–H groups in total. The summed E-state index contributed by atoms with van der Waals surface area (Å²) >= 11 is 0. The van der Waals surface area contributed by atoms with Gasteiger partial charge in [-0.25, -0.2) is 0 Å². The highest BCUT2D eigenvalue weighted by Crippen LogP contribution is 2.32. The SMILES string of the molecule is N=C1C=CC(c2ccc(-c3cccc(C(F)(F)F)c3)cc2)=CC1=N. The van der Waals surface area contributed by atoms with Gasteiger partial charge in [0.2, 0.25) is 0 Å². The number of nitrogens with one attached hydrogen (secondary N) is 2. The maximum Gasteiger partial charge on any atom is 0.416 e. The molecule has 0 radical (unpaired) electrons. The Bertz CT molecular complexity index is 872. The number of rotatable bonds is 2.